The number of H-pyrrole nitrogens is 1. The minimum absolute atomic E-state index is 0.0764. The zero-order valence-electron chi connectivity index (χ0n) is 22.3. The van der Waals surface area contributed by atoms with Crippen LogP contribution < -0.4 is 15.4 Å². The van der Waals surface area contributed by atoms with Crippen LogP contribution in [0.3, 0.4) is 0 Å². The van der Waals surface area contributed by atoms with Gasteiger partial charge in [0.15, 0.2) is 6.29 Å². The SMILES string of the molecule is C=CC(=O)N1CCCC1.CCc1c(F)cccc1Nc1c(-c2ccncc2OC)[nH]c(CCNC)c1C=O. The fourth-order valence-electron chi connectivity index (χ4n) is 4.46. The molecule has 1 aliphatic rings. The van der Waals surface area contributed by atoms with Gasteiger partial charge in [0, 0.05) is 54.8 Å². The third kappa shape index (κ3) is 6.66. The van der Waals surface area contributed by atoms with Gasteiger partial charge in [0.25, 0.3) is 0 Å². The second-order valence-corrected chi connectivity index (χ2v) is 8.80. The van der Waals surface area contributed by atoms with Crippen molar-refractivity contribution < 1.29 is 18.7 Å². The number of pyridine rings is 1. The van der Waals surface area contributed by atoms with Crippen LogP contribution in [0.5, 0.6) is 5.75 Å². The van der Waals surface area contributed by atoms with E-state index in [-0.39, 0.29) is 11.7 Å². The first-order valence-electron chi connectivity index (χ1n) is 12.8. The normalized spacial score (nSPS) is 12.5. The first-order valence-corrected chi connectivity index (χ1v) is 12.8. The molecule has 0 saturated carbocycles. The average molecular weight is 522 g/mol. The summed E-state index contributed by atoms with van der Waals surface area (Å²) in [5.74, 6) is 0.371. The van der Waals surface area contributed by atoms with Gasteiger partial charge in [-0.1, -0.05) is 19.6 Å². The molecule has 1 amide bonds. The fourth-order valence-corrected chi connectivity index (χ4v) is 4.46. The lowest BCUT2D eigenvalue weighted by Crippen LogP contribution is -2.25. The van der Waals surface area contributed by atoms with Gasteiger partial charge in [-0.2, -0.15) is 0 Å². The number of hydrogen-bond donors (Lipinski definition) is 3. The lowest BCUT2D eigenvalue weighted by atomic mass is 10.1. The van der Waals surface area contributed by atoms with Crippen LogP contribution in [0.15, 0.2) is 49.3 Å². The van der Waals surface area contributed by atoms with Crippen LogP contribution in [0.2, 0.25) is 0 Å². The van der Waals surface area contributed by atoms with E-state index in [9.17, 15) is 14.0 Å². The quantitative estimate of drug-likeness (QED) is 0.259. The van der Waals surface area contributed by atoms with Gasteiger partial charge in [0.1, 0.15) is 11.6 Å². The minimum atomic E-state index is -0.279. The second-order valence-electron chi connectivity index (χ2n) is 8.80. The summed E-state index contributed by atoms with van der Waals surface area (Å²) >= 11 is 0. The van der Waals surface area contributed by atoms with Crippen LogP contribution in [-0.2, 0) is 17.6 Å². The van der Waals surface area contributed by atoms with Crippen molar-refractivity contribution >= 4 is 23.6 Å². The van der Waals surface area contributed by atoms with Crippen molar-refractivity contribution in [3.8, 4) is 17.0 Å². The number of carbonyl (C=O) groups excluding carboxylic acids is 2. The highest BCUT2D eigenvalue weighted by atomic mass is 19.1. The lowest BCUT2D eigenvalue weighted by molar-refractivity contribution is -0.124. The smallest absolute Gasteiger partial charge is 0.245 e. The maximum atomic E-state index is 14.3. The number of likely N-dealkylation sites (tertiary alicyclic amines) is 1. The number of nitrogens with one attached hydrogen (secondary N) is 3. The Labute approximate surface area is 223 Å². The Morgan fingerprint density at radius 1 is 1.29 bits per heavy atom. The molecule has 0 spiro atoms. The predicted octanol–water partition coefficient (Wildman–Crippen LogP) is 4.90. The molecule has 3 aromatic rings. The number of ether oxygens (including phenoxy) is 1. The number of carbonyl (C=O) groups is 2. The van der Waals surface area contributed by atoms with Crippen LogP contribution >= 0.6 is 0 Å². The molecule has 4 rings (SSSR count). The Bertz CT molecular complexity index is 1250. The summed E-state index contributed by atoms with van der Waals surface area (Å²) in [6, 6.07) is 6.72. The number of aromatic nitrogens is 2. The molecular weight excluding hydrogens is 485 g/mol. The standard InChI is InChI=1S/C22H25FN4O2.C7H11NO/c1-4-14-17(23)6-5-7-18(14)26-22-16(13-28)19(9-10-24-2)27-21(22)15-8-11-25-12-20(15)29-3;1-2-7(9)8-5-3-4-6-8/h5-8,11-13,24,26-27H,4,9-10H2,1-3H3;2H,1,3-6H2. The van der Waals surface area contributed by atoms with E-state index in [1.165, 1.54) is 12.1 Å². The van der Waals surface area contributed by atoms with Gasteiger partial charge in [-0.05, 0) is 50.6 Å². The van der Waals surface area contributed by atoms with Crippen molar-refractivity contribution in [1.82, 2.24) is 20.2 Å². The maximum absolute atomic E-state index is 14.3. The van der Waals surface area contributed by atoms with Gasteiger partial charge < -0.3 is 25.3 Å². The monoisotopic (exact) mass is 521 g/mol. The number of halogens is 1. The summed E-state index contributed by atoms with van der Waals surface area (Å²) < 4.78 is 19.8. The number of amides is 1. The molecule has 2 aromatic heterocycles. The first kappa shape index (κ1) is 28.6. The van der Waals surface area contributed by atoms with Gasteiger partial charge in [-0.25, -0.2) is 4.39 Å². The molecule has 0 unspecified atom stereocenters. The van der Waals surface area contributed by atoms with Crippen LogP contribution in [0.4, 0.5) is 15.8 Å². The summed E-state index contributed by atoms with van der Waals surface area (Å²) in [6.45, 7) is 7.85. The molecule has 3 N–H and O–H groups in total. The van der Waals surface area contributed by atoms with E-state index in [2.05, 4.69) is 27.2 Å². The molecule has 1 aliphatic heterocycles. The Kier molecular flexibility index (Phi) is 10.6. The fraction of sp³-hybridized carbons (Fsp3) is 0.345. The number of nitrogens with zero attached hydrogens (tertiary/aromatic N) is 2. The molecule has 1 fully saturated rings. The third-order valence-corrected chi connectivity index (χ3v) is 6.46. The molecule has 0 bridgehead atoms. The number of anilines is 2. The number of hydrogen-bond acceptors (Lipinski definition) is 6. The van der Waals surface area contributed by atoms with E-state index in [0.29, 0.717) is 53.3 Å². The highest BCUT2D eigenvalue weighted by molar-refractivity contribution is 5.96. The van der Waals surface area contributed by atoms with E-state index in [1.54, 1.807) is 25.6 Å². The first-order chi connectivity index (χ1) is 18.5. The number of aromatic amines is 1. The van der Waals surface area contributed by atoms with Crippen molar-refractivity contribution in [2.24, 2.45) is 0 Å². The van der Waals surface area contributed by atoms with Gasteiger partial charge in [-0.15, -0.1) is 0 Å². The van der Waals surface area contributed by atoms with Gasteiger partial charge >= 0.3 is 0 Å². The van der Waals surface area contributed by atoms with E-state index in [0.717, 1.165) is 43.5 Å². The van der Waals surface area contributed by atoms with E-state index in [1.807, 2.05) is 31.0 Å². The maximum Gasteiger partial charge on any atom is 0.245 e. The molecule has 0 radical (unpaired) electrons. The molecule has 9 heteroatoms. The van der Waals surface area contributed by atoms with Crippen LogP contribution in [0, 0.1) is 5.82 Å². The van der Waals surface area contributed by atoms with Crippen molar-refractivity contribution in [2.75, 3.05) is 39.1 Å². The topological polar surface area (TPSA) is 99.3 Å². The molecule has 8 nitrogen and oxygen atoms in total. The highest BCUT2D eigenvalue weighted by Crippen LogP contribution is 2.39. The Hall–Kier alpha value is -3.98. The summed E-state index contributed by atoms with van der Waals surface area (Å²) in [7, 11) is 3.43. The van der Waals surface area contributed by atoms with Gasteiger partial charge in [0.05, 0.1) is 30.3 Å². The highest BCUT2D eigenvalue weighted by Gasteiger charge is 2.22. The Morgan fingerprint density at radius 2 is 2.05 bits per heavy atom. The van der Waals surface area contributed by atoms with Crippen molar-refractivity contribution in [1.29, 1.82) is 0 Å². The molecule has 1 saturated heterocycles. The molecule has 1 aromatic carbocycles. The van der Waals surface area contributed by atoms with E-state index < -0.39 is 0 Å². The van der Waals surface area contributed by atoms with Gasteiger partial charge in [-0.3, -0.25) is 14.6 Å². The third-order valence-electron chi connectivity index (χ3n) is 6.46. The number of methoxy groups -OCH3 is 1. The lowest BCUT2D eigenvalue weighted by Gasteiger charge is -2.14. The summed E-state index contributed by atoms with van der Waals surface area (Å²) in [5, 5.41) is 6.39. The van der Waals surface area contributed by atoms with Gasteiger partial charge in [0.2, 0.25) is 5.91 Å². The molecule has 3 heterocycles. The Balaban J connectivity index is 0.000000375. The van der Waals surface area contributed by atoms with Crippen molar-refractivity contribution in [2.45, 2.75) is 32.6 Å². The van der Waals surface area contributed by atoms with Crippen LogP contribution in [-0.4, -0.2) is 60.9 Å². The average Bonchev–Trinajstić information content (AvgIpc) is 3.60. The number of rotatable bonds is 10. The summed E-state index contributed by atoms with van der Waals surface area (Å²) in [5.41, 5.74) is 4.55. The number of aldehydes is 1. The zero-order chi connectivity index (χ0) is 27.5. The van der Waals surface area contributed by atoms with Crippen molar-refractivity contribution in [3.05, 3.63) is 72.0 Å². The van der Waals surface area contributed by atoms with E-state index >= 15 is 0 Å². The van der Waals surface area contributed by atoms with Crippen molar-refractivity contribution in [3.63, 3.8) is 0 Å². The number of benzene rings is 1. The molecule has 0 aliphatic carbocycles. The second kappa shape index (κ2) is 14.1. The minimum Gasteiger partial charge on any atom is -0.494 e. The zero-order valence-corrected chi connectivity index (χ0v) is 22.3. The largest absolute Gasteiger partial charge is 0.494 e. The predicted molar refractivity (Wildman–Crippen MR) is 149 cm³/mol. The van der Waals surface area contributed by atoms with E-state index in [4.69, 9.17) is 4.74 Å². The molecule has 202 valence electrons. The number of likely N-dealkylation sites (N-methyl/N-ethyl adjacent to an activating group) is 1. The summed E-state index contributed by atoms with van der Waals surface area (Å²) in [4.78, 5) is 32.1. The van der Waals surface area contributed by atoms with Crippen LogP contribution in [0.25, 0.3) is 11.3 Å². The molecule has 0 atom stereocenters. The Morgan fingerprint density at radius 3 is 2.68 bits per heavy atom. The van der Waals surface area contributed by atoms with Crippen LogP contribution in [0.1, 0.15) is 41.4 Å². The molecular formula is C29H36FN5O3. The molecule has 38 heavy (non-hydrogen) atoms. The summed E-state index contributed by atoms with van der Waals surface area (Å²) in [6.07, 6.45) is 8.95.